The van der Waals surface area contributed by atoms with Crippen LogP contribution in [0.1, 0.15) is 25.8 Å². The van der Waals surface area contributed by atoms with E-state index in [9.17, 15) is 13.2 Å². The van der Waals surface area contributed by atoms with Crippen LogP contribution in [0.2, 0.25) is 0 Å². The van der Waals surface area contributed by atoms with Gasteiger partial charge in [-0.25, -0.2) is 0 Å². The third-order valence-electron chi connectivity index (χ3n) is 2.98. The summed E-state index contributed by atoms with van der Waals surface area (Å²) in [6.07, 6.45) is -3.38. The molecule has 0 radical (unpaired) electrons. The molecule has 0 amide bonds. The Morgan fingerprint density at radius 3 is 2.68 bits per heavy atom. The van der Waals surface area contributed by atoms with Crippen molar-refractivity contribution in [1.82, 2.24) is 10.6 Å². The van der Waals surface area contributed by atoms with E-state index in [1.54, 1.807) is 19.2 Å². The number of hydrogen-bond acceptors (Lipinski definition) is 2. The van der Waals surface area contributed by atoms with Crippen LogP contribution >= 0.6 is 0 Å². The van der Waals surface area contributed by atoms with Gasteiger partial charge < -0.3 is 15.4 Å². The van der Waals surface area contributed by atoms with Crippen LogP contribution < -0.4 is 15.4 Å². The monoisotopic (exact) mass is 317 g/mol. The number of guanidine groups is 1. The summed E-state index contributed by atoms with van der Waals surface area (Å²) in [5, 5.41) is 6.32. The highest BCUT2D eigenvalue weighted by atomic mass is 19.4. The molecule has 0 saturated carbocycles. The summed E-state index contributed by atoms with van der Waals surface area (Å²) in [6, 6.07) is 6.83. The molecule has 0 heterocycles. The van der Waals surface area contributed by atoms with Crippen molar-refractivity contribution in [3.63, 3.8) is 0 Å². The summed E-state index contributed by atoms with van der Waals surface area (Å²) < 4.78 is 41.1. The maximum Gasteiger partial charge on any atom is 0.422 e. The second-order valence-electron chi connectivity index (χ2n) is 4.93. The maximum absolute atomic E-state index is 12.1. The van der Waals surface area contributed by atoms with Gasteiger partial charge in [0.1, 0.15) is 5.75 Å². The number of nitrogens with zero attached hydrogens (tertiary/aromatic N) is 1. The Morgan fingerprint density at radius 1 is 1.36 bits per heavy atom. The molecule has 0 bridgehead atoms. The zero-order valence-electron chi connectivity index (χ0n) is 13.0. The van der Waals surface area contributed by atoms with E-state index in [2.05, 4.69) is 22.5 Å². The van der Waals surface area contributed by atoms with Crippen LogP contribution in [0.3, 0.4) is 0 Å². The van der Waals surface area contributed by atoms with Gasteiger partial charge in [0.05, 0.1) is 0 Å². The predicted octanol–water partition coefficient (Wildman–Crippen LogP) is 3.09. The fourth-order valence-corrected chi connectivity index (χ4v) is 1.63. The van der Waals surface area contributed by atoms with Crippen molar-refractivity contribution in [2.24, 2.45) is 4.99 Å². The van der Waals surface area contributed by atoms with Gasteiger partial charge in [-0.15, -0.1) is 0 Å². The summed E-state index contributed by atoms with van der Waals surface area (Å²) in [6.45, 7) is 3.26. The average Bonchev–Trinajstić information content (AvgIpc) is 2.48. The molecule has 1 unspecified atom stereocenters. The lowest BCUT2D eigenvalue weighted by atomic mass is 10.2. The molecule has 7 heteroatoms. The Bertz CT molecular complexity index is 489. The van der Waals surface area contributed by atoms with Crippen molar-refractivity contribution < 1.29 is 17.9 Å². The normalized spacial score (nSPS) is 13.6. The van der Waals surface area contributed by atoms with Crippen LogP contribution in [0.25, 0.3) is 0 Å². The van der Waals surface area contributed by atoms with Crippen molar-refractivity contribution in [3.8, 4) is 5.75 Å². The molecule has 0 saturated heterocycles. The molecule has 124 valence electrons. The fourth-order valence-electron chi connectivity index (χ4n) is 1.63. The van der Waals surface area contributed by atoms with Gasteiger partial charge in [-0.05, 0) is 31.0 Å². The molecule has 0 aromatic heterocycles. The van der Waals surface area contributed by atoms with Gasteiger partial charge in [0, 0.05) is 19.6 Å². The van der Waals surface area contributed by atoms with Gasteiger partial charge in [-0.3, -0.25) is 4.99 Å². The molecule has 1 aromatic carbocycles. The highest BCUT2D eigenvalue weighted by Crippen LogP contribution is 2.19. The van der Waals surface area contributed by atoms with Crippen molar-refractivity contribution in [2.45, 2.75) is 39.0 Å². The Morgan fingerprint density at radius 2 is 2.09 bits per heavy atom. The molecule has 4 nitrogen and oxygen atoms in total. The molecule has 1 atom stereocenters. The largest absolute Gasteiger partial charge is 0.484 e. The summed E-state index contributed by atoms with van der Waals surface area (Å²) >= 11 is 0. The molecular weight excluding hydrogens is 295 g/mol. The summed E-state index contributed by atoms with van der Waals surface area (Å²) in [5.74, 6) is 0.845. The van der Waals surface area contributed by atoms with Crippen LogP contribution in [0, 0.1) is 0 Å². The minimum absolute atomic E-state index is 0.196. The zero-order valence-corrected chi connectivity index (χ0v) is 13.0. The standard InChI is InChI=1S/C15H22F3N3O/c1-4-11(2)21-14(19-3)20-9-12-6-5-7-13(8-12)22-10-15(16,17)18/h5-8,11H,4,9-10H2,1-3H3,(H2,19,20,21). The van der Waals surface area contributed by atoms with E-state index < -0.39 is 12.8 Å². The van der Waals surface area contributed by atoms with Gasteiger partial charge in [-0.1, -0.05) is 19.1 Å². The highest BCUT2D eigenvalue weighted by molar-refractivity contribution is 5.79. The lowest BCUT2D eigenvalue weighted by molar-refractivity contribution is -0.153. The Hall–Kier alpha value is -1.92. The van der Waals surface area contributed by atoms with E-state index in [1.807, 2.05) is 13.0 Å². The van der Waals surface area contributed by atoms with E-state index >= 15 is 0 Å². The minimum Gasteiger partial charge on any atom is -0.484 e. The zero-order chi connectivity index (χ0) is 16.6. The number of hydrogen-bond donors (Lipinski definition) is 2. The Kier molecular flexibility index (Phi) is 7.01. The Balaban J connectivity index is 2.55. The van der Waals surface area contributed by atoms with Crippen LogP contribution in [-0.4, -0.2) is 31.8 Å². The number of halogens is 3. The summed E-state index contributed by atoms with van der Waals surface area (Å²) in [5.41, 5.74) is 0.812. The lowest BCUT2D eigenvalue weighted by Gasteiger charge is -2.16. The molecule has 0 aliphatic carbocycles. The number of nitrogens with one attached hydrogen (secondary N) is 2. The van der Waals surface area contributed by atoms with Crippen molar-refractivity contribution >= 4 is 5.96 Å². The molecule has 0 aliphatic heterocycles. The third-order valence-corrected chi connectivity index (χ3v) is 2.98. The number of benzene rings is 1. The average molecular weight is 317 g/mol. The van der Waals surface area contributed by atoms with E-state index in [-0.39, 0.29) is 11.8 Å². The number of alkyl halides is 3. The first-order valence-corrected chi connectivity index (χ1v) is 7.09. The maximum atomic E-state index is 12.1. The van der Waals surface area contributed by atoms with Crippen LogP contribution in [0.15, 0.2) is 29.3 Å². The molecule has 2 N–H and O–H groups in total. The Labute approximate surface area is 128 Å². The van der Waals surface area contributed by atoms with Crippen molar-refractivity contribution in [2.75, 3.05) is 13.7 Å². The van der Waals surface area contributed by atoms with Gasteiger partial charge in [0.2, 0.25) is 0 Å². The first-order chi connectivity index (χ1) is 10.3. The van der Waals surface area contributed by atoms with Crippen molar-refractivity contribution in [3.05, 3.63) is 29.8 Å². The molecule has 1 aromatic rings. The minimum atomic E-state index is -4.34. The molecule has 0 spiro atoms. The first kappa shape index (κ1) is 18.1. The van der Waals surface area contributed by atoms with Crippen LogP contribution in [0.5, 0.6) is 5.75 Å². The lowest BCUT2D eigenvalue weighted by Crippen LogP contribution is -2.41. The van der Waals surface area contributed by atoms with Gasteiger partial charge in [0.15, 0.2) is 12.6 Å². The molecule has 1 rings (SSSR count). The molecule has 22 heavy (non-hydrogen) atoms. The van der Waals surface area contributed by atoms with E-state index in [4.69, 9.17) is 4.74 Å². The quantitative estimate of drug-likeness (QED) is 0.626. The predicted molar refractivity (Wildman–Crippen MR) is 81.1 cm³/mol. The van der Waals surface area contributed by atoms with Gasteiger partial charge in [-0.2, -0.15) is 13.2 Å². The van der Waals surface area contributed by atoms with E-state index in [0.717, 1.165) is 12.0 Å². The second-order valence-corrected chi connectivity index (χ2v) is 4.93. The highest BCUT2D eigenvalue weighted by Gasteiger charge is 2.28. The fraction of sp³-hybridized carbons (Fsp3) is 0.533. The smallest absolute Gasteiger partial charge is 0.422 e. The van der Waals surface area contributed by atoms with Gasteiger partial charge in [0.25, 0.3) is 0 Å². The van der Waals surface area contributed by atoms with Crippen LogP contribution in [-0.2, 0) is 6.54 Å². The number of ether oxygens (including phenoxy) is 1. The summed E-state index contributed by atoms with van der Waals surface area (Å²) in [4.78, 5) is 4.10. The SMILES string of the molecule is CCC(C)NC(=NC)NCc1cccc(OCC(F)(F)F)c1. The van der Waals surface area contributed by atoms with E-state index in [0.29, 0.717) is 12.5 Å². The molecular formula is C15H22F3N3O. The number of aliphatic imine (C=N–C) groups is 1. The molecule has 0 aliphatic rings. The number of rotatable bonds is 6. The topological polar surface area (TPSA) is 45.7 Å². The van der Waals surface area contributed by atoms with Gasteiger partial charge >= 0.3 is 6.18 Å². The first-order valence-electron chi connectivity index (χ1n) is 7.09. The molecule has 0 fully saturated rings. The van der Waals surface area contributed by atoms with Crippen molar-refractivity contribution in [1.29, 1.82) is 0 Å². The summed E-state index contributed by atoms with van der Waals surface area (Å²) in [7, 11) is 1.67. The van der Waals surface area contributed by atoms with Crippen LogP contribution in [0.4, 0.5) is 13.2 Å². The third kappa shape index (κ3) is 7.19. The van der Waals surface area contributed by atoms with E-state index in [1.165, 1.54) is 6.07 Å². The second kappa shape index (κ2) is 8.51.